The Morgan fingerprint density at radius 1 is 0.595 bits per heavy atom. The molecule has 0 aromatic heterocycles. The molecule has 204 valence electrons. The summed E-state index contributed by atoms with van der Waals surface area (Å²) in [5, 5.41) is 1.99. The second-order valence-electron chi connectivity index (χ2n) is 10.7. The third-order valence-corrected chi connectivity index (χ3v) is 8.30. The van der Waals surface area contributed by atoms with Gasteiger partial charge in [-0.2, -0.15) is 0 Å². The first-order valence-corrected chi connectivity index (χ1v) is 16.4. The first kappa shape index (κ1) is 35.3. The van der Waals surface area contributed by atoms with Gasteiger partial charge in [-0.1, -0.05) is 135 Å². The molecule has 0 N–H and O–H groups in total. The van der Waals surface area contributed by atoms with E-state index in [2.05, 4.69) is 32.0 Å². The van der Waals surface area contributed by atoms with E-state index in [4.69, 9.17) is 0 Å². The molecule has 37 heavy (non-hydrogen) atoms. The van der Waals surface area contributed by atoms with Gasteiger partial charge >= 0.3 is 51.4 Å². The summed E-state index contributed by atoms with van der Waals surface area (Å²) in [4.78, 5) is -0.0823. The van der Waals surface area contributed by atoms with Crippen LogP contribution in [0.2, 0.25) is 0 Å². The van der Waals surface area contributed by atoms with Crippen molar-refractivity contribution in [2.24, 2.45) is 0 Å². The number of hydrogen-bond donors (Lipinski definition) is 0. The van der Waals surface area contributed by atoms with E-state index in [0.29, 0.717) is 0 Å². The molecule has 0 fully saturated rings. The Hall–Kier alpha value is 0.246. The summed E-state index contributed by atoms with van der Waals surface area (Å²) in [5.74, 6) is 0. The van der Waals surface area contributed by atoms with Crippen LogP contribution in [0.5, 0.6) is 0 Å². The third kappa shape index (κ3) is 15.0. The van der Waals surface area contributed by atoms with E-state index >= 15 is 0 Å². The average molecular weight is 555 g/mol. The van der Waals surface area contributed by atoms with Crippen LogP contribution in [0.3, 0.4) is 0 Å². The fourth-order valence-electron chi connectivity index (χ4n) is 5.24. The zero-order valence-electron chi connectivity index (χ0n) is 24.2. The van der Waals surface area contributed by atoms with Crippen molar-refractivity contribution in [3.8, 4) is 0 Å². The maximum absolute atomic E-state index is 11.8. The SMILES string of the molecule is CCCCCCCCCCCc1ccc2c(CCCCCCCCCCC)cc(S(=O)(=O)[O-])cc2c1.[K+]. The molecule has 0 aliphatic carbocycles. The van der Waals surface area contributed by atoms with E-state index in [1.54, 1.807) is 12.1 Å². The van der Waals surface area contributed by atoms with Crippen molar-refractivity contribution in [2.75, 3.05) is 0 Å². The van der Waals surface area contributed by atoms with E-state index in [-0.39, 0.29) is 56.3 Å². The summed E-state index contributed by atoms with van der Waals surface area (Å²) in [6.07, 6.45) is 24.9. The number of unbranched alkanes of at least 4 members (excludes halogenated alkanes) is 16. The van der Waals surface area contributed by atoms with Crippen LogP contribution in [-0.4, -0.2) is 13.0 Å². The van der Waals surface area contributed by atoms with Crippen LogP contribution in [0.1, 0.15) is 141 Å². The van der Waals surface area contributed by atoms with Gasteiger partial charge in [0.25, 0.3) is 0 Å². The number of aryl methyl sites for hydroxylation is 2. The summed E-state index contributed by atoms with van der Waals surface area (Å²) >= 11 is 0. The van der Waals surface area contributed by atoms with E-state index in [1.165, 1.54) is 102 Å². The fourth-order valence-corrected chi connectivity index (χ4v) is 5.80. The molecule has 3 nitrogen and oxygen atoms in total. The molecule has 0 saturated carbocycles. The van der Waals surface area contributed by atoms with E-state index < -0.39 is 10.1 Å². The zero-order valence-corrected chi connectivity index (χ0v) is 28.1. The van der Waals surface area contributed by atoms with Gasteiger partial charge in [-0.05, 0) is 59.7 Å². The molecule has 0 heterocycles. The molecule has 0 bridgehead atoms. The Morgan fingerprint density at radius 2 is 1.05 bits per heavy atom. The Bertz CT molecular complexity index is 971. The molecule has 0 spiro atoms. The predicted molar refractivity (Wildman–Crippen MR) is 154 cm³/mol. The molecule has 0 aliphatic rings. The fraction of sp³-hybridized carbons (Fsp3) is 0.688. The van der Waals surface area contributed by atoms with Gasteiger partial charge in [0.05, 0.1) is 4.90 Å². The van der Waals surface area contributed by atoms with Gasteiger partial charge in [-0.25, -0.2) is 8.42 Å². The quantitative estimate of drug-likeness (QED) is 0.0958. The monoisotopic (exact) mass is 554 g/mol. The Morgan fingerprint density at radius 3 is 1.54 bits per heavy atom. The second-order valence-corrected chi connectivity index (χ2v) is 12.1. The number of fused-ring (bicyclic) bond motifs is 1. The van der Waals surface area contributed by atoms with Crippen molar-refractivity contribution in [2.45, 2.75) is 147 Å². The van der Waals surface area contributed by atoms with Gasteiger partial charge in [-0.15, -0.1) is 0 Å². The zero-order chi connectivity index (χ0) is 26.1. The molecule has 0 unspecified atom stereocenters. The van der Waals surface area contributed by atoms with Gasteiger partial charge in [0.2, 0.25) is 0 Å². The Kier molecular flexibility index (Phi) is 20.1. The van der Waals surface area contributed by atoms with Crippen LogP contribution in [0, 0.1) is 0 Å². The molecule has 2 aromatic carbocycles. The minimum absolute atomic E-state index is 0. The van der Waals surface area contributed by atoms with E-state index in [0.717, 1.165) is 48.4 Å². The Balaban J connectivity index is 0.00000684. The molecule has 0 radical (unpaired) electrons. The van der Waals surface area contributed by atoms with Crippen molar-refractivity contribution in [1.82, 2.24) is 0 Å². The molecule has 0 aliphatic heterocycles. The van der Waals surface area contributed by atoms with Crippen molar-refractivity contribution in [3.63, 3.8) is 0 Å². The maximum atomic E-state index is 11.8. The molecule has 5 heteroatoms. The smallest absolute Gasteiger partial charge is 0.744 e. The van der Waals surface area contributed by atoms with Crippen LogP contribution >= 0.6 is 0 Å². The molecule has 2 rings (SSSR count). The van der Waals surface area contributed by atoms with Crippen LogP contribution in [-0.2, 0) is 23.0 Å². The average Bonchev–Trinajstić information content (AvgIpc) is 2.85. The van der Waals surface area contributed by atoms with E-state index in [1.807, 2.05) is 0 Å². The van der Waals surface area contributed by atoms with Gasteiger partial charge in [-0.3, -0.25) is 0 Å². The molecular formula is C32H51KO3S. The van der Waals surface area contributed by atoms with Crippen LogP contribution in [0.25, 0.3) is 10.8 Å². The topological polar surface area (TPSA) is 57.2 Å². The third-order valence-electron chi connectivity index (χ3n) is 7.48. The van der Waals surface area contributed by atoms with Crippen molar-refractivity contribution >= 4 is 20.9 Å². The van der Waals surface area contributed by atoms with Crippen molar-refractivity contribution < 1.29 is 64.4 Å². The van der Waals surface area contributed by atoms with Crippen LogP contribution < -0.4 is 51.4 Å². The predicted octanol–water partition coefficient (Wildman–Crippen LogP) is 6.89. The first-order valence-electron chi connectivity index (χ1n) is 15.0. The molecule has 0 atom stereocenters. The summed E-state index contributed by atoms with van der Waals surface area (Å²) in [6.45, 7) is 4.50. The molecule has 0 amide bonds. The largest absolute Gasteiger partial charge is 1.00 e. The van der Waals surface area contributed by atoms with Gasteiger partial charge in [0.15, 0.2) is 0 Å². The number of benzene rings is 2. The van der Waals surface area contributed by atoms with Crippen molar-refractivity contribution in [1.29, 1.82) is 0 Å². The summed E-state index contributed by atoms with van der Waals surface area (Å²) in [6, 6.07) is 9.64. The minimum atomic E-state index is -4.47. The maximum Gasteiger partial charge on any atom is 1.00 e. The first-order chi connectivity index (χ1) is 17.5. The Labute approximate surface area is 271 Å². The normalized spacial score (nSPS) is 11.6. The van der Waals surface area contributed by atoms with Crippen LogP contribution in [0.15, 0.2) is 35.2 Å². The van der Waals surface area contributed by atoms with E-state index in [9.17, 15) is 13.0 Å². The summed E-state index contributed by atoms with van der Waals surface area (Å²) < 4.78 is 35.5. The molecular weight excluding hydrogens is 504 g/mol. The molecule has 0 saturated heterocycles. The number of hydrogen-bond acceptors (Lipinski definition) is 3. The second kappa shape index (κ2) is 21.1. The summed E-state index contributed by atoms with van der Waals surface area (Å²) in [5.41, 5.74) is 2.24. The standard InChI is InChI=1S/C32H52O3S.K/c1-3-5-7-9-11-13-15-17-19-21-28-23-24-32-29(22-20-18-16-14-12-10-8-6-4-2)26-31(36(33,34)35)27-30(32)25-28;/h23-27H,3-22H2,1-2H3,(H,33,34,35);/q;+1/p-1. The summed E-state index contributed by atoms with van der Waals surface area (Å²) in [7, 11) is -4.47. The van der Waals surface area contributed by atoms with Gasteiger partial charge in [0, 0.05) is 0 Å². The minimum Gasteiger partial charge on any atom is -0.744 e. The molecule has 2 aromatic rings. The van der Waals surface area contributed by atoms with Gasteiger partial charge in [0.1, 0.15) is 10.1 Å². The van der Waals surface area contributed by atoms with Crippen molar-refractivity contribution in [3.05, 3.63) is 41.5 Å². The van der Waals surface area contributed by atoms with Gasteiger partial charge < -0.3 is 4.55 Å². The number of rotatable bonds is 21. The van der Waals surface area contributed by atoms with Crippen LogP contribution in [0.4, 0.5) is 0 Å².